The Labute approximate surface area is 354 Å². The van der Waals surface area contributed by atoms with Crippen molar-refractivity contribution < 1.29 is 74.1 Å². The largest absolute Gasteiger partial charge is 0.454 e. The average molecular weight is 855 g/mol. The summed E-state index contributed by atoms with van der Waals surface area (Å²) < 4.78 is 36.3. The fourth-order valence-electron chi connectivity index (χ4n) is 14.3. The Morgan fingerprint density at radius 3 is 2.12 bits per heavy atom. The van der Waals surface area contributed by atoms with E-state index in [4.69, 9.17) is 28.4 Å². The van der Waals surface area contributed by atoms with Crippen LogP contribution in [0.4, 0.5) is 0 Å². The number of fused-ring (bicyclic) bond motifs is 7. The summed E-state index contributed by atoms with van der Waals surface area (Å²) >= 11 is 0. The van der Waals surface area contributed by atoms with E-state index >= 15 is 0 Å². The van der Waals surface area contributed by atoms with E-state index < -0.39 is 97.0 Å². The zero-order chi connectivity index (χ0) is 44.1. The Bertz CT molecular complexity index is 1610. The molecule has 344 valence electrons. The number of aliphatic hydroxyl groups is 8. The fourth-order valence-corrected chi connectivity index (χ4v) is 14.3. The molecule has 0 bridgehead atoms. The van der Waals surface area contributed by atoms with Crippen LogP contribution in [0.25, 0.3) is 0 Å². The van der Waals surface area contributed by atoms with Crippen LogP contribution < -0.4 is 0 Å². The van der Waals surface area contributed by atoms with Gasteiger partial charge in [0.15, 0.2) is 18.7 Å². The third kappa shape index (κ3) is 6.98. The van der Waals surface area contributed by atoms with Crippen LogP contribution in [0.1, 0.15) is 107 Å². The van der Waals surface area contributed by atoms with E-state index in [0.717, 1.165) is 39.0 Å². The van der Waals surface area contributed by atoms with Gasteiger partial charge in [0, 0.05) is 30.8 Å². The molecular formula is C45H74O15. The molecule has 0 spiro atoms. The molecule has 8 N–H and O–H groups in total. The smallest absolute Gasteiger partial charge is 0.303 e. The fraction of sp³-hybridized carbons (Fsp3) is 0.933. The van der Waals surface area contributed by atoms with Crippen molar-refractivity contribution in [3.05, 3.63) is 11.6 Å². The lowest BCUT2D eigenvalue weighted by Crippen LogP contribution is -2.70. The Kier molecular flexibility index (Phi) is 12.7. The second-order valence-corrected chi connectivity index (χ2v) is 21.6. The highest BCUT2D eigenvalue weighted by atomic mass is 16.7. The van der Waals surface area contributed by atoms with Crippen LogP contribution in [0.3, 0.4) is 0 Å². The SMILES string of the molecule is CO[C@@H]1C=C2[C@H]3CC(C)(C)CC[C@]3(CO)[C@@H](O)C[C@@]2(C)[C@]2(C)CC[C@H]3[C@](C)(CO)[C@@H](O[C@@H]4O[C@H](C)[C@H](O)[C@H](O[C@@H]5O[C@H](CO)[C@@H](O)[C@H](O)[C@H]5OC(C)=O)[C@H]4O)CC[C@]3(C)[C@@H]12. The number of esters is 1. The van der Waals surface area contributed by atoms with Gasteiger partial charge in [-0.3, -0.25) is 4.79 Å². The first kappa shape index (κ1) is 46.7. The number of hydrogen-bond donors (Lipinski definition) is 8. The monoisotopic (exact) mass is 855 g/mol. The summed E-state index contributed by atoms with van der Waals surface area (Å²) in [6.45, 7) is 15.4. The van der Waals surface area contributed by atoms with Gasteiger partial charge in [-0.2, -0.15) is 0 Å². The second-order valence-electron chi connectivity index (χ2n) is 21.6. The molecule has 0 aromatic heterocycles. The summed E-state index contributed by atoms with van der Waals surface area (Å²) in [6, 6.07) is 0. The number of carbonyl (C=O) groups is 1. The lowest BCUT2D eigenvalue weighted by atomic mass is 9.32. The minimum Gasteiger partial charge on any atom is -0.454 e. The molecule has 7 rings (SSSR count). The summed E-state index contributed by atoms with van der Waals surface area (Å²) in [6.07, 6.45) is -7.68. The first-order valence-corrected chi connectivity index (χ1v) is 22.3. The van der Waals surface area contributed by atoms with Crippen molar-refractivity contribution >= 4 is 5.97 Å². The van der Waals surface area contributed by atoms with E-state index in [1.54, 1.807) is 14.0 Å². The highest BCUT2D eigenvalue weighted by Gasteiger charge is 2.72. The normalized spacial score (nSPS) is 53.8. The molecule has 2 heterocycles. The van der Waals surface area contributed by atoms with E-state index in [1.165, 1.54) is 5.57 Å². The van der Waals surface area contributed by atoms with Crippen molar-refractivity contribution in [1.82, 2.24) is 0 Å². The summed E-state index contributed by atoms with van der Waals surface area (Å²) in [5, 5.41) is 88.7. The lowest BCUT2D eigenvalue weighted by Gasteiger charge is -2.73. The van der Waals surface area contributed by atoms with Crippen molar-refractivity contribution in [1.29, 1.82) is 0 Å². The molecule has 4 saturated carbocycles. The van der Waals surface area contributed by atoms with Gasteiger partial charge in [0.25, 0.3) is 0 Å². The molecule has 0 amide bonds. The second kappa shape index (κ2) is 16.3. The molecule has 6 fully saturated rings. The third-order valence-corrected chi connectivity index (χ3v) is 18.0. The molecule has 15 heteroatoms. The van der Waals surface area contributed by atoms with Crippen LogP contribution in [0, 0.1) is 50.2 Å². The Morgan fingerprint density at radius 2 is 1.50 bits per heavy atom. The van der Waals surface area contributed by atoms with Gasteiger partial charge in [-0.25, -0.2) is 0 Å². The Hall–Kier alpha value is -1.31. The van der Waals surface area contributed by atoms with Crippen molar-refractivity contribution in [3.8, 4) is 0 Å². The van der Waals surface area contributed by atoms with E-state index in [9.17, 15) is 45.6 Å². The molecule has 2 saturated heterocycles. The van der Waals surface area contributed by atoms with E-state index in [1.807, 2.05) is 6.92 Å². The number of aliphatic hydroxyl groups excluding tert-OH is 8. The van der Waals surface area contributed by atoms with Gasteiger partial charge in [0.2, 0.25) is 0 Å². The molecule has 15 nitrogen and oxygen atoms in total. The molecule has 21 atom stereocenters. The van der Waals surface area contributed by atoms with E-state index in [2.05, 4.69) is 40.7 Å². The van der Waals surface area contributed by atoms with Gasteiger partial charge in [-0.15, -0.1) is 0 Å². The van der Waals surface area contributed by atoms with Gasteiger partial charge >= 0.3 is 5.97 Å². The molecule has 0 unspecified atom stereocenters. The lowest BCUT2D eigenvalue weighted by molar-refractivity contribution is -0.368. The quantitative estimate of drug-likeness (QED) is 0.0941. The van der Waals surface area contributed by atoms with Crippen molar-refractivity contribution in [2.45, 2.75) is 186 Å². The van der Waals surface area contributed by atoms with Crippen LogP contribution in [0.5, 0.6) is 0 Å². The maximum Gasteiger partial charge on any atom is 0.303 e. The molecule has 2 aliphatic heterocycles. The number of methoxy groups -OCH3 is 1. The van der Waals surface area contributed by atoms with E-state index in [0.29, 0.717) is 19.3 Å². The molecule has 0 aromatic rings. The minimum absolute atomic E-state index is 0.0153. The van der Waals surface area contributed by atoms with Crippen LogP contribution in [-0.2, 0) is 33.2 Å². The first-order valence-electron chi connectivity index (χ1n) is 22.3. The van der Waals surface area contributed by atoms with Gasteiger partial charge in [-0.05, 0) is 91.8 Å². The molecule has 7 aliphatic rings. The molecule has 0 radical (unpaired) electrons. The van der Waals surface area contributed by atoms with E-state index in [-0.39, 0.29) is 58.7 Å². The highest BCUT2D eigenvalue weighted by molar-refractivity contribution is 5.66. The third-order valence-electron chi connectivity index (χ3n) is 18.0. The molecule has 0 aromatic carbocycles. The number of hydrogen-bond acceptors (Lipinski definition) is 15. The minimum atomic E-state index is -1.70. The summed E-state index contributed by atoms with van der Waals surface area (Å²) in [4.78, 5) is 12.0. The van der Waals surface area contributed by atoms with Gasteiger partial charge in [0.05, 0.1) is 44.2 Å². The standard InChI is InChI=1S/C45H74O15/c1-22-31(51)35(60-39-36(57-23(2)49)33(53)32(52)27(19-46)58-39)34(54)38(56-22)59-30-11-12-41(5)28(42(30,6)20-47)10-13-43(7)37(41)26(55-9)16-24-25-17-40(3,4)14-15-45(25,21-48)29(50)18-44(24,43)8/h16,22,25-39,46-48,50-54H,10-15,17-21H2,1-9H3/t22-,25-,26-,27-,28-,29+,30+,31+,32-,33+,34-,35+,36-,37-,38+,39+,41+,42+,43-,44-,45-/m1/s1. The van der Waals surface area contributed by atoms with Gasteiger partial charge in [0.1, 0.15) is 36.6 Å². The summed E-state index contributed by atoms with van der Waals surface area (Å²) in [5.41, 5.74) is -1.03. The number of ether oxygens (including phenoxy) is 6. The zero-order valence-electron chi connectivity index (χ0n) is 37.0. The average Bonchev–Trinajstić information content (AvgIpc) is 3.19. The van der Waals surface area contributed by atoms with Crippen LogP contribution in [0.2, 0.25) is 0 Å². The first-order chi connectivity index (χ1) is 28.0. The number of rotatable bonds is 9. The van der Waals surface area contributed by atoms with Crippen LogP contribution >= 0.6 is 0 Å². The van der Waals surface area contributed by atoms with Gasteiger partial charge < -0.3 is 69.3 Å². The highest BCUT2D eigenvalue weighted by Crippen LogP contribution is 2.76. The zero-order valence-corrected chi connectivity index (χ0v) is 37.0. The van der Waals surface area contributed by atoms with Crippen LogP contribution in [-0.4, -0.2) is 153 Å². The maximum absolute atomic E-state index is 12.1. The molecular weight excluding hydrogens is 780 g/mol. The predicted molar refractivity (Wildman–Crippen MR) is 215 cm³/mol. The Morgan fingerprint density at radius 1 is 0.800 bits per heavy atom. The maximum atomic E-state index is 12.1. The molecule has 5 aliphatic carbocycles. The summed E-state index contributed by atoms with van der Waals surface area (Å²) in [5.74, 6) is -0.816. The predicted octanol–water partition coefficient (Wildman–Crippen LogP) is 1.96. The van der Waals surface area contributed by atoms with Crippen LogP contribution in [0.15, 0.2) is 11.6 Å². The summed E-state index contributed by atoms with van der Waals surface area (Å²) in [7, 11) is 1.77. The van der Waals surface area contributed by atoms with Crippen molar-refractivity contribution in [2.24, 2.45) is 50.2 Å². The van der Waals surface area contributed by atoms with Crippen molar-refractivity contribution in [3.63, 3.8) is 0 Å². The van der Waals surface area contributed by atoms with Crippen molar-refractivity contribution in [2.75, 3.05) is 26.9 Å². The topological polar surface area (TPSA) is 234 Å². The number of allylic oxidation sites excluding steroid dienone is 1. The Balaban J connectivity index is 1.16. The molecule has 60 heavy (non-hydrogen) atoms. The van der Waals surface area contributed by atoms with Gasteiger partial charge in [-0.1, -0.05) is 53.2 Å². The number of carbonyl (C=O) groups excluding carboxylic acids is 1.